The van der Waals surface area contributed by atoms with Gasteiger partial charge in [0, 0.05) is 43.9 Å². The van der Waals surface area contributed by atoms with Gasteiger partial charge in [-0.2, -0.15) is 0 Å². The minimum Gasteiger partial charge on any atom is -0.456 e. The fourth-order valence-corrected chi connectivity index (χ4v) is 7.48. The van der Waals surface area contributed by atoms with Gasteiger partial charge in [0.15, 0.2) is 17.5 Å². The van der Waals surface area contributed by atoms with Crippen molar-refractivity contribution in [2.45, 2.75) is 0 Å². The maximum atomic E-state index is 8.88. The van der Waals surface area contributed by atoms with Gasteiger partial charge >= 0.3 is 0 Å². The van der Waals surface area contributed by atoms with E-state index in [-0.39, 0.29) is 46.0 Å². The molecular weight excluding hydrogens is 685 g/mol. The Kier molecular flexibility index (Phi) is 5.74. The first-order chi connectivity index (χ1) is 31.1. The van der Waals surface area contributed by atoms with E-state index in [1.807, 2.05) is 103 Å². The van der Waals surface area contributed by atoms with Crippen LogP contribution in [-0.2, 0) is 0 Å². The fraction of sp³-hybridized carbons (Fsp3) is 0. The zero-order valence-electron chi connectivity index (χ0n) is 37.6. The maximum Gasteiger partial charge on any atom is 0.164 e. The normalized spacial score (nSPS) is 13.6. The average Bonchev–Trinajstić information content (AvgIpc) is 3.91. The third kappa shape index (κ3) is 5.37. The summed E-state index contributed by atoms with van der Waals surface area (Å²) in [6, 6.07) is 43.9. The molecule has 0 aliphatic carbocycles. The second-order valence-electron chi connectivity index (χ2n) is 13.4. The molecule has 0 spiro atoms. The van der Waals surface area contributed by atoms with Crippen LogP contribution in [0.1, 0.15) is 11.0 Å². The van der Waals surface area contributed by atoms with Crippen molar-refractivity contribution >= 4 is 43.7 Å². The van der Waals surface area contributed by atoms with Crippen molar-refractivity contribution < 1.29 is 15.4 Å². The van der Waals surface area contributed by atoms with Gasteiger partial charge in [-0.25, -0.2) is 15.0 Å². The van der Waals surface area contributed by atoms with Crippen LogP contribution >= 0.6 is 0 Å². The van der Waals surface area contributed by atoms with Crippen LogP contribution < -0.4 is 0 Å². The highest BCUT2D eigenvalue weighted by Crippen LogP contribution is 2.39. The number of benzene rings is 8. The summed E-state index contributed by atoms with van der Waals surface area (Å²) in [5.74, 6) is 1.55. The monoisotopic (exact) mass is 724 g/mol. The van der Waals surface area contributed by atoms with Crippen molar-refractivity contribution in [3.05, 3.63) is 194 Å². The third-order valence-corrected chi connectivity index (χ3v) is 10.1. The van der Waals surface area contributed by atoms with E-state index in [4.69, 9.17) is 30.3 Å². The molecule has 5 nitrogen and oxygen atoms in total. The van der Waals surface area contributed by atoms with Gasteiger partial charge in [-0.05, 0) is 70.7 Å². The summed E-state index contributed by atoms with van der Waals surface area (Å²) in [4.78, 5) is 15.2. The smallest absolute Gasteiger partial charge is 0.164 e. The van der Waals surface area contributed by atoms with Crippen LogP contribution in [0.5, 0.6) is 0 Å². The molecule has 0 bridgehead atoms. The highest BCUT2D eigenvalue weighted by molar-refractivity contribution is 6.13. The summed E-state index contributed by atoms with van der Waals surface area (Å²) in [6.45, 7) is 0. The minimum atomic E-state index is -0.481. The van der Waals surface area contributed by atoms with E-state index in [0.717, 1.165) is 49.7 Å². The number of hydrogen-bond acceptors (Lipinski definition) is 4. The highest BCUT2D eigenvalue weighted by atomic mass is 16.3. The molecule has 0 aliphatic rings. The number of rotatable bonds is 6. The van der Waals surface area contributed by atoms with E-state index in [1.54, 1.807) is 12.1 Å². The van der Waals surface area contributed by atoms with Gasteiger partial charge in [0.05, 0.1) is 22.0 Å². The van der Waals surface area contributed by atoms with Crippen molar-refractivity contribution in [3.63, 3.8) is 0 Å². The molecule has 5 heteroatoms. The molecule has 8 aromatic carbocycles. The van der Waals surface area contributed by atoms with Gasteiger partial charge in [0.1, 0.15) is 11.2 Å². The van der Waals surface area contributed by atoms with E-state index in [0.29, 0.717) is 34.3 Å². The average molecular weight is 725 g/mol. The molecule has 0 fully saturated rings. The Morgan fingerprint density at radius 1 is 0.411 bits per heavy atom. The van der Waals surface area contributed by atoms with E-state index < -0.39 is 24.2 Å². The summed E-state index contributed by atoms with van der Waals surface area (Å²) < 4.78 is 76.9. The molecule has 0 atom stereocenters. The lowest BCUT2D eigenvalue weighted by atomic mass is 10.00. The third-order valence-electron chi connectivity index (χ3n) is 10.1. The zero-order chi connectivity index (χ0) is 44.0. The Morgan fingerprint density at radius 2 is 0.964 bits per heavy atom. The van der Waals surface area contributed by atoms with Crippen molar-refractivity contribution in [1.29, 1.82) is 0 Å². The van der Waals surface area contributed by atoms with E-state index in [1.165, 1.54) is 4.57 Å². The van der Waals surface area contributed by atoms with Gasteiger partial charge in [-0.3, -0.25) is 0 Å². The molecule has 0 saturated carbocycles. The Morgan fingerprint density at radius 3 is 1.70 bits per heavy atom. The van der Waals surface area contributed by atoms with Crippen molar-refractivity contribution in [3.8, 4) is 62.1 Å². The lowest BCUT2D eigenvalue weighted by Gasteiger charge is -2.11. The molecule has 0 saturated heterocycles. The van der Waals surface area contributed by atoms with Gasteiger partial charge in [-0.1, -0.05) is 145 Å². The van der Waals surface area contributed by atoms with Crippen LogP contribution in [0, 0.1) is 0 Å². The topological polar surface area (TPSA) is 56.7 Å². The molecule has 11 aromatic rings. The second-order valence-corrected chi connectivity index (χ2v) is 13.4. The summed E-state index contributed by atoms with van der Waals surface area (Å²) >= 11 is 0. The molecule has 0 N–H and O–H groups in total. The van der Waals surface area contributed by atoms with E-state index >= 15 is 0 Å². The lowest BCUT2D eigenvalue weighted by Crippen LogP contribution is -2.00. The van der Waals surface area contributed by atoms with Crippen molar-refractivity contribution in [2.75, 3.05) is 0 Å². The number of fused-ring (bicyclic) bond motifs is 6. The Labute approximate surface area is 334 Å². The molecule has 262 valence electrons. The predicted molar refractivity (Wildman–Crippen MR) is 229 cm³/mol. The van der Waals surface area contributed by atoms with Gasteiger partial charge in [0.25, 0.3) is 0 Å². The highest BCUT2D eigenvalue weighted by Gasteiger charge is 2.19. The molecule has 3 aromatic heterocycles. The summed E-state index contributed by atoms with van der Waals surface area (Å²) in [7, 11) is 0. The Hall–Kier alpha value is -7.63. The van der Waals surface area contributed by atoms with Gasteiger partial charge < -0.3 is 8.98 Å². The SMILES string of the molecule is [2H]c1c([2H])c([2H])c2c(c1[2H])c1c([2H])c([2H])c([2H])c([2H])c1n2-c1ccc(-c2ccc3oc4cccc(-c5nc(-c6ccccc6)nc(-c6cccc(-c7ccccc7)c6)n5)c4c3c2)cc1. The van der Waals surface area contributed by atoms with Crippen LogP contribution in [0.25, 0.3) is 106 Å². The minimum absolute atomic E-state index is 0.0343. The molecule has 0 unspecified atom stereocenters. The summed E-state index contributed by atoms with van der Waals surface area (Å²) in [5, 5.41) is 1.74. The number of para-hydroxylation sites is 2. The first-order valence-electron chi connectivity index (χ1n) is 22.1. The number of aromatic nitrogens is 4. The molecule has 0 radical (unpaired) electrons. The molecule has 0 aliphatic heterocycles. The van der Waals surface area contributed by atoms with Crippen LogP contribution in [0.2, 0.25) is 0 Å². The van der Waals surface area contributed by atoms with E-state index in [9.17, 15) is 0 Å². The zero-order valence-corrected chi connectivity index (χ0v) is 29.6. The van der Waals surface area contributed by atoms with Gasteiger partial charge in [0.2, 0.25) is 0 Å². The van der Waals surface area contributed by atoms with Crippen molar-refractivity contribution in [1.82, 2.24) is 19.5 Å². The molecular formula is C51H32N4O. The second kappa shape index (κ2) is 13.0. The van der Waals surface area contributed by atoms with Gasteiger partial charge in [-0.15, -0.1) is 0 Å². The number of furan rings is 1. The molecule has 11 rings (SSSR count). The quantitative estimate of drug-likeness (QED) is 0.171. The van der Waals surface area contributed by atoms with Crippen LogP contribution in [-0.4, -0.2) is 19.5 Å². The summed E-state index contributed by atoms with van der Waals surface area (Å²) in [5.41, 5.74) is 8.22. The molecule has 56 heavy (non-hydrogen) atoms. The first-order valence-corrected chi connectivity index (χ1v) is 18.1. The lowest BCUT2D eigenvalue weighted by molar-refractivity contribution is 0.669. The van der Waals surface area contributed by atoms with Crippen LogP contribution in [0.3, 0.4) is 0 Å². The maximum absolute atomic E-state index is 8.88. The van der Waals surface area contributed by atoms with Crippen molar-refractivity contribution in [2.24, 2.45) is 0 Å². The Bertz CT molecular complexity index is 3630. The standard InChI is InChI=1S/C51H32N4O/c1-3-13-33(14-4-1)36-17-11-18-38(31-36)50-52-49(35-15-5-2-6-16-35)53-51(54-50)42-21-12-24-47-48(42)43-32-37(27-30-46(43)56-47)34-25-28-39(29-26-34)55-44-22-9-7-19-40(44)41-20-8-10-23-45(41)55/h1-32H/i7D,8D,9D,10D,19D,20D,22D,23D. The predicted octanol–water partition coefficient (Wildman–Crippen LogP) is 13.2. The first kappa shape index (κ1) is 24.6. The molecule has 0 amide bonds. The number of nitrogens with zero attached hydrogens (tertiary/aromatic N) is 4. The summed E-state index contributed by atoms with van der Waals surface area (Å²) in [6.07, 6.45) is 0. The molecule has 3 heterocycles. The Balaban J connectivity index is 1.06. The fourth-order valence-electron chi connectivity index (χ4n) is 7.48. The number of hydrogen-bond donors (Lipinski definition) is 0. The van der Waals surface area contributed by atoms with E-state index in [2.05, 4.69) is 30.3 Å². The van der Waals surface area contributed by atoms with Crippen LogP contribution in [0.15, 0.2) is 198 Å². The largest absolute Gasteiger partial charge is 0.456 e. The van der Waals surface area contributed by atoms with Crippen LogP contribution in [0.4, 0.5) is 0 Å².